The Morgan fingerprint density at radius 1 is 1.10 bits per heavy atom. The van der Waals surface area contributed by atoms with Gasteiger partial charge in [0.25, 0.3) is 0 Å². The summed E-state index contributed by atoms with van der Waals surface area (Å²) in [6, 6.07) is 14.9. The minimum atomic E-state index is -3.80. The quantitative estimate of drug-likeness (QED) is 0.455. The first-order chi connectivity index (χ1) is 15.0. The lowest BCUT2D eigenvalue weighted by atomic mass is 10.1. The lowest BCUT2D eigenvalue weighted by Crippen LogP contribution is -2.46. The number of thioether (sulfide) groups is 1. The van der Waals surface area contributed by atoms with Crippen LogP contribution < -0.4 is 10.0 Å². The van der Waals surface area contributed by atoms with E-state index in [9.17, 15) is 13.2 Å². The first-order valence-corrected chi connectivity index (χ1v) is 12.6. The van der Waals surface area contributed by atoms with Crippen LogP contribution in [0.5, 0.6) is 0 Å². The van der Waals surface area contributed by atoms with Gasteiger partial charge in [-0.15, -0.1) is 0 Å². The predicted octanol–water partition coefficient (Wildman–Crippen LogP) is 2.04. The van der Waals surface area contributed by atoms with Crippen molar-refractivity contribution in [2.75, 3.05) is 12.0 Å². The van der Waals surface area contributed by atoms with Crippen molar-refractivity contribution in [3.8, 4) is 0 Å². The fraction of sp³-hybridized carbons (Fsp3) is 0.286. The molecule has 1 atom stereocenters. The second kappa shape index (κ2) is 11.1. The van der Waals surface area contributed by atoms with E-state index in [1.54, 1.807) is 41.0 Å². The average molecular weight is 460 g/mol. The Hall–Kier alpha value is -2.69. The van der Waals surface area contributed by atoms with Crippen molar-refractivity contribution >= 4 is 27.7 Å². The molecule has 10 heteroatoms. The Morgan fingerprint density at radius 3 is 2.48 bits per heavy atom. The van der Waals surface area contributed by atoms with Gasteiger partial charge >= 0.3 is 0 Å². The third-order valence-electron chi connectivity index (χ3n) is 4.65. The van der Waals surface area contributed by atoms with Crippen LogP contribution in [0.4, 0.5) is 0 Å². The van der Waals surface area contributed by atoms with E-state index in [2.05, 4.69) is 20.1 Å². The van der Waals surface area contributed by atoms with Crippen LogP contribution in [0, 0.1) is 0 Å². The molecule has 1 heterocycles. The van der Waals surface area contributed by atoms with E-state index >= 15 is 0 Å². The molecule has 0 aliphatic heterocycles. The zero-order chi connectivity index (χ0) is 22.1. The zero-order valence-corrected chi connectivity index (χ0v) is 18.8. The van der Waals surface area contributed by atoms with Gasteiger partial charge in [-0.2, -0.15) is 21.6 Å². The number of nitrogens with zero attached hydrogens (tertiary/aromatic N) is 3. The van der Waals surface area contributed by atoms with Crippen molar-refractivity contribution in [1.82, 2.24) is 24.8 Å². The average Bonchev–Trinajstić information content (AvgIpc) is 3.29. The van der Waals surface area contributed by atoms with E-state index in [0.29, 0.717) is 18.7 Å². The Labute approximate surface area is 186 Å². The molecule has 0 aliphatic carbocycles. The number of hydrogen-bond acceptors (Lipinski definition) is 6. The second-order valence-electron chi connectivity index (χ2n) is 6.85. The molecular weight excluding hydrogens is 434 g/mol. The fourth-order valence-corrected chi connectivity index (χ4v) is 4.74. The number of benzene rings is 2. The Morgan fingerprint density at radius 2 is 1.81 bits per heavy atom. The van der Waals surface area contributed by atoms with Crippen molar-refractivity contribution < 1.29 is 13.2 Å². The van der Waals surface area contributed by atoms with E-state index in [-0.39, 0.29) is 17.3 Å². The zero-order valence-electron chi connectivity index (χ0n) is 17.1. The van der Waals surface area contributed by atoms with E-state index < -0.39 is 16.1 Å². The lowest BCUT2D eigenvalue weighted by Gasteiger charge is -2.19. The maximum Gasteiger partial charge on any atom is 0.241 e. The van der Waals surface area contributed by atoms with Crippen LogP contribution in [0.2, 0.25) is 0 Å². The van der Waals surface area contributed by atoms with Gasteiger partial charge < -0.3 is 5.32 Å². The van der Waals surface area contributed by atoms with Crippen LogP contribution in [-0.4, -0.2) is 47.1 Å². The molecule has 0 fully saturated rings. The number of carbonyl (C=O) groups excluding carboxylic acids is 1. The van der Waals surface area contributed by atoms with Crippen LogP contribution in [0.3, 0.4) is 0 Å². The molecule has 2 aromatic carbocycles. The molecule has 0 spiro atoms. The molecule has 3 aromatic rings. The predicted molar refractivity (Wildman–Crippen MR) is 121 cm³/mol. The third-order valence-corrected chi connectivity index (χ3v) is 6.78. The maximum absolute atomic E-state index is 12.9. The number of rotatable bonds is 11. The SMILES string of the molecule is CSCCC(NS(=O)(=O)c1ccccc1)C(=O)NCc1ccccc1Cn1cncn1. The molecule has 3 rings (SSSR count). The van der Waals surface area contributed by atoms with E-state index in [4.69, 9.17) is 0 Å². The smallest absolute Gasteiger partial charge is 0.241 e. The van der Waals surface area contributed by atoms with Gasteiger partial charge in [-0.25, -0.2) is 18.1 Å². The highest BCUT2D eigenvalue weighted by molar-refractivity contribution is 7.98. The van der Waals surface area contributed by atoms with Crippen LogP contribution in [0.15, 0.2) is 72.1 Å². The molecule has 8 nitrogen and oxygen atoms in total. The van der Waals surface area contributed by atoms with Crippen molar-refractivity contribution in [2.45, 2.75) is 30.4 Å². The van der Waals surface area contributed by atoms with Crippen molar-refractivity contribution in [1.29, 1.82) is 0 Å². The molecule has 0 saturated heterocycles. The number of carbonyl (C=O) groups is 1. The Balaban J connectivity index is 1.69. The number of sulfonamides is 1. The monoisotopic (exact) mass is 459 g/mol. The highest BCUT2D eigenvalue weighted by Gasteiger charge is 2.25. The summed E-state index contributed by atoms with van der Waals surface area (Å²) in [4.78, 5) is 17.0. The third kappa shape index (κ3) is 6.65. The van der Waals surface area contributed by atoms with Gasteiger partial charge in [0.05, 0.1) is 11.4 Å². The fourth-order valence-electron chi connectivity index (χ4n) is 3.01. The minimum absolute atomic E-state index is 0.134. The standard InChI is InChI=1S/C21H25N5O3S2/c1-30-12-11-20(25-31(28,29)19-9-3-2-4-10-19)21(27)23-13-17-7-5-6-8-18(17)14-26-16-22-15-24-26/h2-10,15-16,20,25H,11-14H2,1H3,(H,23,27). The topological polar surface area (TPSA) is 106 Å². The Kier molecular flexibility index (Phi) is 8.21. The molecule has 0 bridgehead atoms. The van der Waals surface area contributed by atoms with Crippen LogP contribution in [0.25, 0.3) is 0 Å². The minimum Gasteiger partial charge on any atom is -0.351 e. The number of hydrogen-bond donors (Lipinski definition) is 2. The van der Waals surface area contributed by atoms with Crippen molar-refractivity contribution in [3.63, 3.8) is 0 Å². The van der Waals surface area contributed by atoms with Crippen molar-refractivity contribution in [3.05, 3.63) is 78.4 Å². The summed E-state index contributed by atoms with van der Waals surface area (Å²) in [6.07, 6.45) is 5.41. The summed E-state index contributed by atoms with van der Waals surface area (Å²) < 4.78 is 29.7. The number of amides is 1. The van der Waals surface area contributed by atoms with Crippen LogP contribution in [0.1, 0.15) is 17.5 Å². The van der Waals surface area contributed by atoms with E-state index in [1.165, 1.54) is 18.5 Å². The number of aromatic nitrogens is 3. The second-order valence-corrected chi connectivity index (χ2v) is 9.55. The van der Waals surface area contributed by atoms with Gasteiger partial charge in [0.1, 0.15) is 18.7 Å². The summed E-state index contributed by atoms with van der Waals surface area (Å²) in [5.74, 6) is 0.294. The highest BCUT2D eigenvalue weighted by atomic mass is 32.2. The molecule has 2 N–H and O–H groups in total. The largest absolute Gasteiger partial charge is 0.351 e. The van der Waals surface area contributed by atoms with Gasteiger partial charge in [0.15, 0.2) is 0 Å². The molecule has 1 aromatic heterocycles. The van der Waals surface area contributed by atoms with Gasteiger partial charge in [0.2, 0.25) is 15.9 Å². The van der Waals surface area contributed by atoms with E-state index in [0.717, 1.165) is 11.1 Å². The van der Waals surface area contributed by atoms with Gasteiger partial charge in [-0.3, -0.25) is 4.79 Å². The van der Waals surface area contributed by atoms with Crippen LogP contribution >= 0.6 is 11.8 Å². The van der Waals surface area contributed by atoms with Crippen molar-refractivity contribution in [2.24, 2.45) is 0 Å². The normalized spacial score (nSPS) is 12.4. The molecular formula is C21H25N5O3S2. The van der Waals surface area contributed by atoms with Gasteiger partial charge in [0, 0.05) is 6.54 Å². The molecule has 1 unspecified atom stereocenters. The Bertz CT molecular complexity index is 1070. The summed E-state index contributed by atoms with van der Waals surface area (Å²) in [6.45, 7) is 0.815. The summed E-state index contributed by atoms with van der Waals surface area (Å²) in [7, 11) is -3.80. The first-order valence-electron chi connectivity index (χ1n) is 9.73. The molecule has 0 aliphatic rings. The number of nitrogens with one attached hydrogen (secondary N) is 2. The summed E-state index contributed by atoms with van der Waals surface area (Å²) >= 11 is 1.56. The molecule has 1 amide bonds. The van der Waals surface area contributed by atoms with Gasteiger partial charge in [-0.1, -0.05) is 42.5 Å². The molecule has 0 radical (unpaired) electrons. The molecule has 31 heavy (non-hydrogen) atoms. The molecule has 0 saturated carbocycles. The summed E-state index contributed by atoms with van der Waals surface area (Å²) in [5, 5.41) is 7.00. The van der Waals surface area contributed by atoms with Crippen LogP contribution in [-0.2, 0) is 27.9 Å². The van der Waals surface area contributed by atoms with E-state index in [1.807, 2.05) is 30.5 Å². The summed E-state index contributed by atoms with van der Waals surface area (Å²) in [5.41, 5.74) is 1.93. The lowest BCUT2D eigenvalue weighted by molar-refractivity contribution is -0.122. The van der Waals surface area contributed by atoms with Gasteiger partial charge in [-0.05, 0) is 41.7 Å². The molecule has 164 valence electrons. The maximum atomic E-state index is 12.9. The first kappa shape index (κ1) is 23.0. The highest BCUT2D eigenvalue weighted by Crippen LogP contribution is 2.13.